The van der Waals surface area contributed by atoms with E-state index < -0.39 is 6.04 Å². The SMILES string of the molecule is COc1ccc(C(NN)c2cc(C)nc(C)c2)c(F)c1. The van der Waals surface area contributed by atoms with Crippen LogP contribution in [0.15, 0.2) is 30.3 Å². The fourth-order valence-corrected chi connectivity index (χ4v) is 2.27. The van der Waals surface area contributed by atoms with Crippen LogP contribution < -0.4 is 16.0 Å². The number of aryl methyl sites for hydroxylation is 2. The second-order valence-electron chi connectivity index (χ2n) is 4.67. The summed E-state index contributed by atoms with van der Waals surface area (Å²) in [6, 6.07) is 8.08. The lowest BCUT2D eigenvalue weighted by molar-refractivity contribution is 0.410. The van der Waals surface area contributed by atoms with Gasteiger partial charge >= 0.3 is 0 Å². The first-order valence-corrected chi connectivity index (χ1v) is 6.30. The van der Waals surface area contributed by atoms with E-state index in [9.17, 15) is 4.39 Å². The number of nitrogens with one attached hydrogen (secondary N) is 1. The lowest BCUT2D eigenvalue weighted by atomic mass is 9.98. The number of rotatable bonds is 4. The first-order chi connectivity index (χ1) is 9.55. The molecule has 1 aromatic heterocycles. The summed E-state index contributed by atoms with van der Waals surface area (Å²) in [5.74, 6) is 5.72. The molecule has 2 rings (SSSR count). The van der Waals surface area contributed by atoms with Crippen LogP contribution in [0.25, 0.3) is 0 Å². The fraction of sp³-hybridized carbons (Fsp3) is 0.267. The number of hydrogen-bond acceptors (Lipinski definition) is 4. The van der Waals surface area contributed by atoms with Crippen molar-refractivity contribution in [2.75, 3.05) is 7.11 Å². The summed E-state index contributed by atoms with van der Waals surface area (Å²) in [5.41, 5.74) is 5.75. The van der Waals surface area contributed by atoms with Crippen molar-refractivity contribution < 1.29 is 9.13 Å². The van der Waals surface area contributed by atoms with Crippen molar-refractivity contribution in [3.63, 3.8) is 0 Å². The van der Waals surface area contributed by atoms with Crippen molar-refractivity contribution >= 4 is 0 Å². The van der Waals surface area contributed by atoms with Gasteiger partial charge in [-0.25, -0.2) is 9.82 Å². The molecule has 106 valence electrons. The Labute approximate surface area is 117 Å². The summed E-state index contributed by atoms with van der Waals surface area (Å²) >= 11 is 0. The highest BCUT2D eigenvalue weighted by molar-refractivity contribution is 5.37. The van der Waals surface area contributed by atoms with Crippen LogP contribution in [0, 0.1) is 19.7 Å². The number of nitrogens with two attached hydrogens (primary N) is 1. The van der Waals surface area contributed by atoms with Gasteiger partial charge < -0.3 is 4.74 Å². The summed E-state index contributed by atoms with van der Waals surface area (Å²) in [4.78, 5) is 4.31. The van der Waals surface area contributed by atoms with E-state index in [0.29, 0.717) is 11.3 Å². The van der Waals surface area contributed by atoms with E-state index in [2.05, 4.69) is 10.4 Å². The molecule has 0 aliphatic carbocycles. The molecule has 1 unspecified atom stereocenters. The van der Waals surface area contributed by atoms with Gasteiger partial charge in [0.25, 0.3) is 0 Å². The molecule has 0 radical (unpaired) electrons. The van der Waals surface area contributed by atoms with E-state index in [-0.39, 0.29) is 5.82 Å². The molecule has 3 N–H and O–H groups in total. The number of benzene rings is 1. The van der Waals surface area contributed by atoms with Crippen LogP contribution >= 0.6 is 0 Å². The van der Waals surface area contributed by atoms with Gasteiger partial charge in [-0.15, -0.1) is 0 Å². The van der Waals surface area contributed by atoms with E-state index in [0.717, 1.165) is 17.0 Å². The average Bonchev–Trinajstić information content (AvgIpc) is 2.40. The molecule has 0 fully saturated rings. The first kappa shape index (κ1) is 14.4. The molecule has 2 aromatic rings. The highest BCUT2D eigenvalue weighted by atomic mass is 19.1. The fourth-order valence-electron chi connectivity index (χ4n) is 2.27. The van der Waals surface area contributed by atoms with Gasteiger partial charge in [0.05, 0.1) is 13.2 Å². The number of pyridine rings is 1. The van der Waals surface area contributed by atoms with Crippen molar-refractivity contribution in [2.24, 2.45) is 5.84 Å². The number of hydrogen-bond donors (Lipinski definition) is 2. The quantitative estimate of drug-likeness (QED) is 0.664. The number of ether oxygens (including phenoxy) is 1. The van der Waals surface area contributed by atoms with E-state index >= 15 is 0 Å². The Hall–Kier alpha value is -1.98. The zero-order valence-electron chi connectivity index (χ0n) is 11.8. The first-order valence-electron chi connectivity index (χ1n) is 6.30. The number of halogens is 1. The third kappa shape index (κ3) is 2.95. The molecule has 0 saturated carbocycles. The molecule has 0 bridgehead atoms. The lowest BCUT2D eigenvalue weighted by Gasteiger charge is -2.19. The zero-order valence-corrected chi connectivity index (χ0v) is 11.8. The van der Waals surface area contributed by atoms with E-state index in [1.54, 1.807) is 12.1 Å². The van der Waals surface area contributed by atoms with Crippen LogP contribution in [0.4, 0.5) is 4.39 Å². The van der Waals surface area contributed by atoms with Crippen LogP contribution in [0.2, 0.25) is 0 Å². The number of aromatic nitrogens is 1. The monoisotopic (exact) mass is 275 g/mol. The van der Waals surface area contributed by atoms with Gasteiger partial charge in [-0.1, -0.05) is 6.07 Å². The van der Waals surface area contributed by atoms with Gasteiger partial charge in [0.2, 0.25) is 0 Å². The number of nitrogens with zero attached hydrogens (tertiary/aromatic N) is 1. The second-order valence-corrected chi connectivity index (χ2v) is 4.67. The molecule has 0 aliphatic rings. The predicted molar refractivity (Wildman–Crippen MR) is 75.8 cm³/mol. The van der Waals surface area contributed by atoms with E-state index in [1.807, 2.05) is 26.0 Å². The molecule has 0 amide bonds. The molecular formula is C15H18FN3O. The van der Waals surface area contributed by atoms with Crippen molar-refractivity contribution in [3.05, 3.63) is 58.7 Å². The van der Waals surface area contributed by atoms with Crippen molar-refractivity contribution in [3.8, 4) is 5.75 Å². The molecular weight excluding hydrogens is 257 g/mol. The van der Waals surface area contributed by atoms with Crippen LogP contribution in [-0.4, -0.2) is 12.1 Å². The van der Waals surface area contributed by atoms with Crippen LogP contribution in [-0.2, 0) is 0 Å². The summed E-state index contributed by atoms with van der Waals surface area (Å²) in [7, 11) is 1.50. The minimum Gasteiger partial charge on any atom is -0.497 e. The Morgan fingerprint density at radius 1 is 1.20 bits per heavy atom. The number of methoxy groups -OCH3 is 1. The Kier molecular flexibility index (Phi) is 4.32. The smallest absolute Gasteiger partial charge is 0.132 e. The van der Waals surface area contributed by atoms with Crippen LogP contribution in [0.3, 0.4) is 0 Å². The molecule has 0 aliphatic heterocycles. The molecule has 0 spiro atoms. The van der Waals surface area contributed by atoms with Gasteiger partial charge in [-0.05, 0) is 37.6 Å². The summed E-state index contributed by atoms with van der Waals surface area (Å²) in [6.45, 7) is 3.79. The van der Waals surface area contributed by atoms with Crippen LogP contribution in [0.5, 0.6) is 5.75 Å². The van der Waals surface area contributed by atoms with Gasteiger partial charge in [0, 0.05) is 23.0 Å². The minimum absolute atomic E-state index is 0.362. The maximum absolute atomic E-state index is 14.2. The third-order valence-corrected chi connectivity index (χ3v) is 3.12. The highest BCUT2D eigenvalue weighted by Crippen LogP contribution is 2.27. The summed E-state index contributed by atoms with van der Waals surface area (Å²) < 4.78 is 19.2. The van der Waals surface area contributed by atoms with Crippen molar-refractivity contribution in [1.29, 1.82) is 0 Å². The van der Waals surface area contributed by atoms with E-state index in [1.165, 1.54) is 13.2 Å². The lowest BCUT2D eigenvalue weighted by Crippen LogP contribution is -2.29. The molecule has 1 heterocycles. The van der Waals surface area contributed by atoms with Gasteiger partial charge in [0.1, 0.15) is 11.6 Å². The standard InChI is InChI=1S/C15H18FN3O/c1-9-6-11(7-10(2)18-9)15(19-17)13-5-4-12(20-3)8-14(13)16/h4-8,15,19H,17H2,1-3H3. The Bertz CT molecular complexity index is 596. The Morgan fingerprint density at radius 2 is 1.85 bits per heavy atom. The molecule has 5 heteroatoms. The molecule has 1 aromatic carbocycles. The topological polar surface area (TPSA) is 60.2 Å². The maximum Gasteiger partial charge on any atom is 0.132 e. The highest BCUT2D eigenvalue weighted by Gasteiger charge is 2.18. The summed E-state index contributed by atoms with van der Waals surface area (Å²) in [6.07, 6.45) is 0. The number of hydrazine groups is 1. The minimum atomic E-state index is -0.429. The van der Waals surface area contributed by atoms with Crippen LogP contribution in [0.1, 0.15) is 28.6 Å². The molecule has 4 nitrogen and oxygen atoms in total. The summed E-state index contributed by atoms with van der Waals surface area (Å²) in [5, 5.41) is 0. The molecule has 0 saturated heterocycles. The van der Waals surface area contributed by atoms with Crippen molar-refractivity contribution in [2.45, 2.75) is 19.9 Å². The molecule has 1 atom stereocenters. The zero-order chi connectivity index (χ0) is 14.7. The largest absolute Gasteiger partial charge is 0.497 e. The van der Waals surface area contributed by atoms with E-state index in [4.69, 9.17) is 10.6 Å². The average molecular weight is 275 g/mol. The van der Waals surface area contributed by atoms with Gasteiger partial charge in [-0.3, -0.25) is 10.8 Å². The Morgan fingerprint density at radius 3 is 2.35 bits per heavy atom. The van der Waals surface area contributed by atoms with Gasteiger partial charge in [0.15, 0.2) is 0 Å². The van der Waals surface area contributed by atoms with Gasteiger partial charge in [-0.2, -0.15) is 0 Å². The van der Waals surface area contributed by atoms with Crippen molar-refractivity contribution in [1.82, 2.24) is 10.4 Å². The predicted octanol–water partition coefficient (Wildman–Crippen LogP) is 2.40. The second kappa shape index (κ2) is 5.98. The maximum atomic E-state index is 14.2. The molecule has 20 heavy (non-hydrogen) atoms. The normalized spacial score (nSPS) is 12.2. The third-order valence-electron chi connectivity index (χ3n) is 3.12. The Balaban J connectivity index is 2.46.